The third-order valence-corrected chi connectivity index (χ3v) is 2.03. The minimum absolute atomic E-state index is 0.135. The van der Waals surface area contributed by atoms with E-state index in [0.717, 1.165) is 5.69 Å². The van der Waals surface area contributed by atoms with Gasteiger partial charge in [0.2, 0.25) is 0 Å². The monoisotopic (exact) mass is 208 g/mol. The van der Waals surface area contributed by atoms with Crippen molar-refractivity contribution in [3.05, 3.63) is 24.0 Å². The Morgan fingerprint density at radius 1 is 1.67 bits per heavy atom. The lowest BCUT2D eigenvalue weighted by Gasteiger charge is -2.10. The van der Waals surface area contributed by atoms with E-state index in [2.05, 4.69) is 30.9 Å². The van der Waals surface area contributed by atoms with Crippen LogP contribution in [0.5, 0.6) is 0 Å². The van der Waals surface area contributed by atoms with Crippen molar-refractivity contribution in [2.75, 3.05) is 0 Å². The predicted molar refractivity (Wildman–Crippen MR) is 51.2 cm³/mol. The highest BCUT2D eigenvalue weighted by Crippen LogP contribution is 2.10. The minimum atomic E-state index is -0.135. The van der Waals surface area contributed by atoms with E-state index < -0.39 is 0 Å². The molecule has 0 radical (unpaired) electrons. The molecule has 4 N–H and O–H groups in total. The predicted octanol–water partition coefficient (Wildman–Crippen LogP) is -1.32. The summed E-state index contributed by atoms with van der Waals surface area (Å²) in [5, 5.41) is 14.3. The Labute approximate surface area is 85.9 Å². The number of hydrogen-bond donors (Lipinski definition) is 3. The van der Waals surface area contributed by atoms with Crippen molar-refractivity contribution in [2.24, 2.45) is 12.9 Å². The van der Waals surface area contributed by atoms with Gasteiger partial charge in [0.05, 0.1) is 11.7 Å². The minimum Gasteiger partial charge on any atom is -0.271 e. The fraction of sp³-hybridized carbons (Fsp3) is 0.429. The maximum Gasteiger partial charge on any atom is 0.143 e. The SMILES string of the molecule is Cn1cc(CC(NN)c2ncn[nH]2)nn1. The molecule has 2 heterocycles. The number of rotatable bonds is 4. The molecular formula is C7H12N8. The summed E-state index contributed by atoms with van der Waals surface area (Å²) in [5.41, 5.74) is 3.50. The quantitative estimate of drug-likeness (QED) is 0.424. The molecule has 15 heavy (non-hydrogen) atoms. The van der Waals surface area contributed by atoms with Gasteiger partial charge in [-0.2, -0.15) is 5.10 Å². The van der Waals surface area contributed by atoms with Crippen molar-refractivity contribution in [1.82, 2.24) is 35.6 Å². The van der Waals surface area contributed by atoms with Crippen LogP contribution in [-0.4, -0.2) is 30.2 Å². The van der Waals surface area contributed by atoms with E-state index in [1.54, 1.807) is 4.68 Å². The van der Waals surface area contributed by atoms with Crippen LogP contribution in [0.25, 0.3) is 0 Å². The van der Waals surface area contributed by atoms with Crippen LogP contribution in [-0.2, 0) is 13.5 Å². The first kappa shape index (κ1) is 9.74. The van der Waals surface area contributed by atoms with Gasteiger partial charge in [-0.25, -0.2) is 10.4 Å². The van der Waals surface area contributed by atoms with Gasteiger partial charge >= 0.3 is 0 Å². The Bertz CT molecular complexity index is 404. The molecule has 1 unspecified atom stereocenters. The number of hydrogen-bond acceptors (Lipinski definition) is 6. The van der Waals surface area contributed by atoms with Crippen LogP contribution in [0.4, 0.5) is 0 Å². The molecule has 0 aliphatic heterocycles. The van der Waals surface area contributed by atoms with Gasteiger partial charge in [0, 0.05) is 19.7 Å². The summed E-state index contributed by atoms with van der Waals surface area (Å²) in [6.45, 7) is 0. The van der Waals surface area contributed by atoms with Gasteiger partial charge in [0.1, 0.15) is 12.2 Å². The second kappa shape index (κ2) is 4.15. The van der Waals surface area contributed by atoms with E-state index in [9.17, 15) is 0 Å². The lowest BCUT2D eigenvalue weighted by atomic mass is 10.1. The first-order valence-corrected chi connectivity index (χ1v) is 4.46. The number of hydrazine groups is 1. The molecule has 0 aromatic carbocycles. The van der Waals surface area contributed by atoms with Crippen LogP contribution in [0.1, 0.15) is 17.6 Å². The summed E-state index contributed by atoms with van der Waals surface area (Å²) in [6, 6.07) is -0.135. The molecule has 0 aliphatic rings. The largest absolute Gasteiger partial charge is 0.271 e. The maximum absolute atomic E-state index is 5.43. The number of nitrogens with one attached hydrogen (secondary N) is 2. The highest BCUT2D eigenvalue weighted by Gasteiger charge is 2.14. The molecule has 0 bridgehead atoms. The zero-order valence-corrected chi connectivity index (χ0v) is 8.25. The molecule has 80 valence electrons. The molecular weight excluding hydrogens is 196 g/mol. The van der Waals surface area contributed by atoms with E-state index >= 15 is 0 Å². The number of aromatic nitrogens is 6. The standard InChI is InChI=1S/C7H12N8/c1-15-3-5(12-14-15)2-6(11-8)7-9-4-10-13-7/h3-4,6,11H,2,8H2,1H3,(H,9,10,13). The molecule has 1 atom stereocenters. The van der Waals surface area contributed by atoms with E-state index in [1.165, 1.54) is 6.33 Å². The van der Waals surface area contributed by atoms with Crippen LogP contribution in [0.2, 0.25) is 0 Å². The van der Waals surface area contributed by atoms with Crippen LogP contribution in [0, 0.1) is 0 Å². The van der Waals surface area contributed by atoms with Gasteiger partial charge < -0.3 is 0 Å². The molecule has 8 heteroatoms. The molecule has 0 saturated carbocycles. The molecule has 2 aromatic heterocycles. The Balaban J connectivity index is 2.09. The molecule has 2 rings (SSSR count). The van der Waals surface area contributed by atoms with Crippen molar-refractivity contribution >= 4 is 0 Å². The highest BCUT2D eigenvalue weighted by molar-refractivity contribution is 5.01. The van der Waals surface area contributed by atoms with Gasteiger partial charge in [0.15, 0.2) is 0 Å². The molecule has 0 spiro atoms. The number of aromatic amines is 1. The molecule has 0 aliphatic carbocycles. The van der Waals surface area contributed by atoms with Crippen LogP contribution in [0.15, 0.2) is 12.5 Å². The Kier molecular flexibility index (Phi) is 2.70. The van der Waals surface area contributed by atoms with Crippen LogP contribution >= 0.6 is 0 Å². The third-order valence-electron chi connectivity index (χ3n) is 2.03. The summed E-state index contributed by atoms with van der Waals surface area (Å²) < 4.78 is 1.64. The van der Waals surface area contributed by atoms with Gasteiger partial charge in [-0.15, -0.1) is 5.10 Å². The zero-order chi connectivity index (χ0) is 10.7. The lowest BCUT2D eigenvalue weighted by Crippen LogP contribution is -2.30. The van der Waals surface area contributed by atoms with Crippen LogP contribution < -0.4 is 11.3 Å². The fourth-order valence-corrected chi connectivity index (χ4v) is 1.32. The van der Waals surface area contributed by atoms with Crippen molar-refractivity contribution in [3.8, 4) is 0 Å². The van der Waals surface area contributed by atoms with Crippen molar-refractivity contribution in [3.63, 3.8) is 0 Å². The fourth-order valence-electron chi connectivity index (χ4n) is 1.32. The van der Waals surface area contributed by atoms with Gasteiger partial charge in [0.25, 0.3) is 0 Å². The first-order chi connectivity index (χ1) is 7.29. The zero-order valence-electron chi connectivity index (χ0n) is 8.25. The Morgan fingerprint density at radius 3 is 3.07 bits per heavy atom. The van der Waals surface area contributed by atoms with Gasteiger partial charge in [-0.1, -0.05) is 5.21 Å². The average molecular weight is 208 g/mol. The van der Waals surface area contributed by atoms with Crippen LogP contribution in [0.3, 0.4) is 0 Å². The maximum atomic E-state index is 5.43. The average Bonchev–Trinajstić information content (AvgIpc) is 2.85. The first-order valence-electron chi connectivity index (χ1n) is 4.46. The summed E-state index contributed by atoms with van der Waals surface area (Å²) in [5.74, 6) is 6.11. The number of nitrogens with zero attached hydrogens (tertiary/aromatic N) is 5. The van der Waals surface area contributed by atoms with E-state index in [4.69, 9.17) is 5.84 Å². The second-order valence-electron chi connectivity index (χ2n) is 3.18. The molecule has 8 nitrogen and oxygen atoms in total. The summed E-state index contributed by atoms with van der Waals surface area (Å²) in [4.78, 5) is 4.03. The number of nitrogens with two attached hydrogens (primary N) is 1. The molecule has 2 aromatic rings. The summed E-state index contributed by atoms with van der Waals surface area (Å²) >= 11 is 0. The second-order valence-corrected chi connectivity index (χ2v) is 3.18. The van der Waals surface area contributed by atoms with Gasteiger partial charge in [-0.05, 0) is 0 Å². The Morgan fingerprint density at radius 2 is 2.53 bits per heavy atom. The molecule has 0 saturated heterocycles. The summed E-state index contributed by atoms with van der Waals surface area (Å²) in [7, 11) is 1.82. The smallest absolute Gasteiger partial charge is 0.143 e. The van der Waals surface area contributed by atoms with Crippen molar-refractivity contribution < 1.29 is 0 Å². The topological polar surface area (TPSA) is 110 Å². The number of aryl methyl sites for hydroxylation is 1. The van der Waals surface area contributed by atoms with E-state index in [0.29, 0.717) is 12.2 Å². The van der Waals surface area contributed by atoms with Gasteiger partial charge in [-0.3, -0.25) is 15.6 Å². The number of H-pyrrole nitrogens is 1. The third kappa shape index (κ3) is 2.17. The summed E-state index contributed by atoms with van der Waals surface area (Å²) in [6.07, 6.45) is 3.89. The highest BCUT2D eigenvalue weighted by atomic mass is 15.4. The molecule has 0 amide bonds. The van der Waals surface area contributed by atoms with E-state index in [1.807, 2.05) is 13.2 Å². The Hall–Kier alpha value is -1.80. The molecule has 0 fully saturated rings. The normalized spacial score (nSPS) is 12.9. The van der Waals surface area contributed by atoms with Crippen molar-refractivity contribution in [1.29, 1.82) is 0 Å². The van der Waals surface area contributed by atoms with E-state index in [-0.39, 0.29) is 6.04 Å². The lowest BCUT2D eigenvalue weighted by molar-refractivity contribution is 0.519. The van der Waals surface area contributed by atoms with Crippen molar-refractivity contribution in [2.45, 2.75) is 12.5 Å².